The molecule has 6 heteroatoms. The number of aryl methyl sites for hydroxylation is 1. The van der Waals surface area contributed by atoms with Crippen LogP contribution in [0.3, 0.4) is 0 Å². The summed E-state index contributed by atoms with van der Waals surface area (Å²) in [4.78, 5) is 40.9. The molecule has 1 aromatic rings. The maximum atomic E-state index is 13.1. The Balaban J connectivity index is 1.68. The van der Waals surface area contributed by atoms with Crippen molar-refractivity contribution in [2.24, 2.45) is 11.3 Å². The Morgan fingerprint density at radius 2 is 1.89 bits per heavy atom. The van der Waals surface area contributed by atoms with Gasteiger partial charge < -0.3 is 10.2 Å². The fourth-order valence-corrected chi connectivity index (χ4v) is 4.36. The van der Waals surface area contributed by atoms with Crippen LogP contribution in [-0.4, -0.2) is 41.9 Å². The van der Waals surface area contributed by atoms with Crippen LogP contribution in [-0.2, 0) is 9.59 Å². The molecule has 1 saturated heterocycles. The van der Waals surface area contributed by atoms with Crippen molar-refractivity contribution in [2.75, 3.05) is 18.5 Å². The molecular formula is C22H31N3O3. The van der Waals surface area contributed by atoms with E-state index in [0.29, 0.717) is 18.8 Å². The number of rotatable bonds is 3. The average Bonchev–Trinajstić information content (AvgIpc) is 2.84. The van der Waals surface area contributed by atoms with Gasteiger partial charge in [-0.15, -0.1) is 0 Å². The van der Waals surface area contributed by atoms with E-state index < -0.39 is 11.6 Å². The zero-order valence-corrected chi connectivity index (χ0v) is 17.5. The second-order valence-electron chi connectivity index (χ2n) is 9.34. The highest BCUT2D eigenvalue weighted by Crippen LogP contribution is 2.43. The summed E-state index contributed by atoms with van der Waals surface area (Å²) in [6, 6.07) is 7.12. The molecule has 1 aliphatic heterocycles. The van der Waals surface area contributed by atoms with Crippen LogP contribution in [0, 0.1) is 18.3 Å². The first-order valence-corrected chi connectivity index (χ1v) is 10.0. The monoisotopic (exact) mass is 385 g/mol. The quantitative estimate of drug-likeness (QED) is 0.810. The summed E-state index contributed by atoms with van der Waals surface area (Å²) < 4.78 is 0. The summed E-state index contributed by atoms with van der Waals surface area (Å²) in [5.74, 6) is -0.00339. The van der Waals surface area contributed by atoms with Crippen LogP contribution in [0.5, 0.6) is 0 Å². The van der Waals surface area contributed by atoms with E-state index in [1.54, 1.807) is 7.05 Å². The largest absolute Gasteiger partial charge is 0.325 e. The van der Waals surface area contributed by atoms with Gasteiger partial charge in [-0.25, -0.2) is 4.79 Å². The van der Waals surface area contributed by atoms with Gasteiger partial charge in [-0.2, -0.15) is 0 Å². The third-order valence-electron chi connectivity index (χ3n) is 6.37. The Hall–Kier alpha value is -2.37. The number of benzene rings is 1. The summed E-state index contributed by atoms with van der Waals surface area (Å²) in [6.45, 7) is 8.38. The molecule has 3 rings (SSSR count). The minimum Gasteiger partial charge on any atom is -0.323 e. The van der Waals surface area contributed by atoms with Crippen LogP contribution in [0.2, 0.25) is 0 Å². The predicted octanol–water partition coefficient (Wildman–Crippen LogP) is 3.48. The molecule has 0 unspecified atom stereocenters. The van der Waals surface area contributed by atoms with Crippen LogP contribution in [0.1, 0.15) is 52.0 Å². The molecule has 1 spiro atoms. The number of nitrogens with one attached hydrogen (secondary N) is 1. The van der Waals surface area contributed by atoms with E-state index in [9.17, 15) is 14.4 Å². The van der Waals surface area contributed by atoms with Gasteiger partial charge in [-0.05, 0) is 61.6 Å². The summed E-state index contributed by atoms with van der Waals surface area (Å²) in [7, 11) is 1.67. The standard InChI is InChI=1S/C22H31N3O3/c1-15-7-6-8-17(13-15)24(5)18(26)14-25-19(27)22(23-20(25)28)11-9-16(10-12-22)21(2,3)4/h6-8,13,16H,9-12,14H2,1-5H3,(H,23,28). The zero-order valence-electron chi connectivity index (χ0n) is 17.5. The van der Waals surface area contributed by atoms with Gasteiger partial charge in [-0.3, -0.25) is 14.5 Å². The van der Waals surface area contributed by atoms with Gasteiger partial charge in [0.15, 0.2) is 0 Å². The number of carbonyl (C=O) groups excluding carboxylic acids is 3. The summed E-state index contributed by atoms with van der Waals surface area (Å²) >= 11 is 0. The van der Waals surface area contributed by atoms with E-state index in [2.05, 4.69) is 26.1 Å². The lowest BCUT2D eigenvalue weighted by atomic mass is 9.67. The number of urea groups is 1. The Morgan fingerprint density at radius 1 is 1.25 bits per heavy atom. The predicted molar refractivity (Wildman–Crippen MR) is 109 cm³/mol. The number of hydrogen-bond acceptors (Lipinski definition) is 3. The smallest absolute Gasteiger partial charge is 0.323 e. The lowest BCUT2D eigenvalue weighted by Gasteiger charge is -2.40. The van der Waals surface area contributed by atoms with Gasteiger partial charge in [-0.1, -0.05) is 32.9 Å². The Bertz CT molecular complexity index is 788. The topological polar surface area (TPSA) is 69.7 Å². The fourth-order valence-electron chi connectivity index (χ4n) is 4.36. The molecule has 1 N–H and O–H groups in total. The fraction of sp³-hybridized carbons (Fsp3) is 0.591. The highest BCUT2D eigenvalue weighted by Gasteiger charge is 2.53. The van der Waals surface area contributed by atoms with Crippen LogP contribution >= 0.6 is 0 Å². The minimum absolute atomic E-state index is 0.194. The van der Waals surface area contributed by atoms with E-state index >= 15 is 0 Å². The number of likely N-dealkylation sites (N-methyl/N-ethyl adjacent to an activating group) is 1. The molecule has 2 fully saturated rings. The van der Waals surface area contributed by atoms with Crippen molar-refractivity contribution in [3.63, 3.8) is 0 Å². The molecule has 152 valence electrons. The second-order valence-corrected chi connectivity index (χ2v) is 9.34. The molecule has 2 aliphatic rings. The van der Waals surface area contributed by atoms with Gasteiger partial charge in [0.1, 0.15) is 12.1 Å². The van der Waals surface area contributed by atoms with E-state index in [0.717, 1.165) is 29.0 Å². The summed E-state index contributed by atoms with van der Waals surface area (Å²) in [6.07, 6.45) is 3.08. The molecule has 4 amide bonds. The van der Waals surface area contributed by atoms with E-state index in [4.69, 9.17) is 0 Å². The number of anilines is 1. The molecule has 6 nitrogen and oxygen atoms in total. The molecule has 0 atom stereocenters. The first-order chi connectivity index (χ1) is 13.0. The van der Waals surface area contributed by atoms with Crippen molar-refractivity contribution in [1.29, 1.82) is 0 Å². The van der Waals surface area contributed by atoms with Gasteiger partial charge in [0, 0.05) is 12.7 Å². The molecule has 0 bridgehead atoms. The third-order valence-corrected chi connectivity index (χ3v) is 6.37. The maximum Gasteiger partial charge on any atom is 0.325 e. The molecule has 1 aliphatic carbocycles. The molecule has 1 saturated carbocycles. The Morgan fingerprint density at radius 3 is 2.46 bits per heavy atom. The van der Waals surface area contributed by atoms with Gasteiger partial charge >= 0.3 is 6.03 Å². The van der Waals surface area contributed by atoms with Crippen molar-refractivity contribution in [2.45, 2.75) is 58.9 Å². The highest BCUT2D eigenvalue weighted by atomic mass is 16.2. The lowest BCUT2D eigenvalue weighted by Crippen LogP contribution is -2.51. The Kier molecular flexibility index (Phi) is 5.26. The van der Waals surface area contributed by atoms with Gasteiger partial charge in [0.05, 0.1) is 0 Å². The molecule has 0 radical (unpaired) electrons. The first kappa shape index (κ1) is 20.4. The van der Waals surface area contributed by atoms with Crippen molar-refractivity contribution >= 4 is 23.5 Å². The second kappa shape index (κ2) is 7.22. The molecule has 28 heavy (non-hydrogen) atoms. The summed E-state index contributed by atoms with van der Waals surface area (Å²) in [5.41, 5.74) is 1.15. The van der Waals surface area contributed by atoms with Gasteiger partial charge in [0.25, 0.3) is 5.91 Å². The number of nitrogens with zero attached hydrogens (tertiary/aromatic N) is 2. The van der Waals surface area contributed by atoms with Crippen molar-refractivity contribution in [1.82, 2.24) is 10.2 Å². The highest BCUT2D eigenvalue weighted by molar-refractivity contribution is 6.10. The normalized spacial score (nSPS) is 25.2. The first-order valence-electron chi connectivity index (χ1n) is 10.0. The van der Waals surface area contributed by atoms with Crippen molar-refractivity contribution in [3.8, 4) is 0 Å². The van der Waals surface area contributed by atoms with Crippen molar-refractivity contribution < 1.29 is 14.4 Å². The lowest BCUT2D eigenvalue weighted by molar-refractivity contribution is -0.135. The zero-order chi connectivity index (χ0) is 20.7. The molecule has 1 aromatic carbocycles. The average molecular weight is 386 g/mol. The van der Waals surface area contributed by atoms with E-state index in [1.165, 1.54) is 4.90 Å². The number of amides is 4. The van der Waals surface area contributed by atoms with Crippen LogP contribution in [0.25, 0.3) is 0 Å². The molecular weight excluding hydrogens is 354 g/mol. The van der Waals surface area contributed by atoms with Crippen molar-refractivity contribution in [3.05, 3.63) is 29.8 Å². The number of hydrogen-bond donors (Lipinski definition) is 1. The minimum atomic E-state index is -0.832. The summed E-state index contributed by atoms with van der Waals surface area (Å²) in [5, 5.41) is 2.90. The van der Waals surface area contributed by atoms with Crippen LogP contribution < -0.4 is 10.2 Å². The molecule has 1 heterocycles. The third kappa shape index (κ3) is 3.77. The SMILES string of the molecule is Cc1cccc(N(C)C(=O)CN2C(=O)NC3(CCC(C(C)(C)C)CC3)C2=O)c1. The number of carbonyl (C=O) groups is 3. The maximum absolute atomic E-state index is 13.1. The van der Waals surface area contributed by atoms with Gasteiger partial charge in [0.2, 0.25) is 5.91 Å². The molecule has 0 aromatic heterocycles. The van der Waals surface area contributed by atoms with Crippen LogP contribution in [0.15, 0.2) is 24.3 Å². The van der Waals surface area contributed by atoms with Crippen LogP contribution in [0.4, 0.5) is 10.5 Å². The van der Waals surface area contributed by atoms with E-state index in [1.807, 2.05) is 31.2 Å². The number of imide groups is 1. The Labute approximate surface area is 167 Å². The van der Waals surface area contributed by atoms with E-state index in [-0.39, 0.29) is 23.8 Å².